The maximum atomic E-state index is 12.3. The number of hydrogen-bond donors (Lipinski definition) is 0. The van der Waals surface area contributed by atoms with Crippen LogP contribution in [0.1, 0.15) is 20.8 Å². The normalized spacial score (nSPS) is 23.1. The third-order valence-electron chi connectivity index (χ3n) is 3.22. The summed E-state index contributed by atoms with van der Waals surface area (Å²) in [6, 6.07) is 4.98. The van der Waals surface area contributed by atoms with Crippen molar-refractivity contribution in [3.8, 4) is 0 Å². The van der Waals surface area contributed by atoms with Gasteiger partial charge in [0.25, 0.3) is 5.69 Å². The van der Waals surface area contributed by atoms with E-state index in [4.69, 9.17) is 0 Å². The Labute approximate surface area is 112 Å². The van der Waals surface area contributed by atoms with Gasteiger partial charge in [-0.3, -0.25) is 10.1 Å². The first-order chi connectivity index (χ1) is 8.64. The highest BCUT2D eigenvalue weighted by Gasteiger charge is 2.50. The molecule has 1 heterocycles. The zero-order valence-corrected chi connectivity index (χ0v) is 11.8. The minimum Gasteiger partial charge on any atom is -0.258 e. The predicted molar refractivity (Wildman–Crippen MR) is 70.2 cm³/mol. The SMILES string of the molecule is CC(C)(C)[C@H]1CN1S(=O)(=O)c1ccc([N+](=O)[O-])cc1. The van der Waals surface area contributed by atoms with E-state index in [1.54, 1.807) is 0 Å². The first-order valence-electron chi connectivity index (χ1n) is 5.90. The average molecular weight is 284 g/mol. The van der Waals surface area contributed by atoms with Gasteiger partial charge in [-0.05, 0) is 17.5 Å². The second-order valence-electron chi connectivity index (χ2n) is 5.71. The Kier molecular flexibility index (Phi) is 3.14. The molecule has 1 aromatic carbocycles. The van der Waals surface area contributed by atoms with Crippen LogP contribution in [0.25, 0.3) is 0 Å². The van der Waals surface area contributed by atoms with Gasteiger partial charge in [-0.1, -0.05) is 20.8 Å². The lowest BCUT2D eigenvalue weighted by Gasteiger charge is -2.18. The maximum Gasteiger partial charge on any atom is 0.269 e. The van der Waals surface area contributed by atoms with Crippen molar-refractivity contribution < 1.29 is 13.3 Å². The van der Waals surface area contributed by atoms with Crippen molar-refractivity contribution >= 4 is 15.7 Å². The van der Waals surface area contributed by atoms with Crippen molar-refractivity contribution in [2.75, 3.05) is 6.54 Å². The molecule has 2 rings (SSSR count). The topological polar surface area (TPSA) is 80.3 Å². The van der Waals surface area contributed by atoms with Crippen LogP contribution in [0.5, 0.6) is 0 Å². The zero-order chi connectivity index (χ0) is 14.4. The molecule has 0 spiro atoms. The molecule has 104 valence electrons. The van der Waals surface area contributed by atoms with Crippen LogP contribution >= 0.6 is 0 Å². The minimum absolute atomic E-state index is 0.00677. The number of nitro benzene ring substituents is 1. The average Bonchev–Trinajstić information content (AvgIpc) is 3.08. The highest BCUT2D eigenvalue weighted by molar-refractivity contribution is 7.89. The first-order valence-corrected chi connectivity index (χ1v) is 7.34. The maximum absolute atomic E-state index is 12.3. The van der Waals surface area contributed by atoms with Crippen LogP contribution in [0.15, 0.2) is 29.2 Å². The molecule has 1 unspecified atom stereocenters. The van der Waals surface area contributed by atoms with Gasteiger partial charge in [0.1, 0.15) is 0 Å². The second kappa shape index (κ2) is 4.28. The van der Waals surface area contributed by atoms with E-state index < -0.39 is 14.9 Å². The van der Waals surface area contributed by atoms with Gasteiger partial charge in [0.05, 0.1) is 9.82 Å². The number of benzene rings is 1. The largest absolute Gasteiger partial charge is 0.269 e. The molecule has 1 aliphatic rings. The Morgan fingerprint density at radius 2 is 1.79 bits per heavy atom. The number of nitrogens with zero attached hydrogens (tertiary/aromatic N) is 2. The lowest BCUT2D eigenvalue weighted by molar-refractivity contribution is -0.384. The lowest BCUT2D eigenvalue weighted by atomic mass is 9.92. The van der Waals surface area contributed by atoms with Gasteiger partial charge in [-0.2, -0.15) is 4.31 Å². The van der Waals surface area contributed by atoms with Gasteiger partial charge < -0.3 is 0 Å². The molecule has 0 radical (unpaired) electrons. The van der Waals surface area contributed by atoms with Crippen molar-refractivity contribution in [3.05, 3.63) is 34.4 Å². The van der Waals surface area contributed by atoms with Crippen LogP contribution in [0.3, 0.4) is 0 Å². The van der Waals surface area contributed by atoms with Crippen LogP contribution in [0, 0.1) is 15.5 Å². The second-order valence-corrected chi connectivity index (χ2v) is 7.60. The molecular formula is C12H16N2O4S. The summed E-state index contributed by atoms with van der Waals surface area (Å²) in [5, 5.41) is 10.5. The molecule has 0 amide bonds. The summed E-state index contributed by atoms with van der Waals surface area (Å²) in [7, 11) is -3.53. The quantitative estimate of drug-likeness (QED) is 0.483. The lowest BCUT2D eigenvalue weighted by Crippen LogP contribution is -2.23. The van der Waals surface area contributed by atoms with Gasteiger partial charge in [0.2, 0.25) is 10.0 Å². The Bertz CT molecular complexity index is 602. The number of nitro groups is 1. The number of hydrogen-bond acceptors (Lipinski definition) is 4. The van der Waals surface area contributed by atoms with Gasteiger partial charge in [-0.15, -0.1) is 0 Å². The van der Waals surface area contributed by atoms with E-state index in [-0.39, 0.29) is 22.0 Å². The van der Waals surface area contributed by atoms with E-state index in [0.717, 1.165) is 0 Å². The molecule has 2 atom stereocenters. The van der Waals surface area contributed by atoms with Gasteiger partial charge >= 0.3 is 0 Å². The summed E-state index contributed by atoms with van der Waals surface area (Å²) < 4.78 is 26.0. The molecule has 6 nitrogen and oxygen atoms in total. The van der Waals surface area contributed by atoms with Gasteiger partial charge in [-0.25, -0.2) is 8.42 Å². The predicted octanol–water partition coefficient (Wildman–Crippen LogP) is 2.01. The Balaban J connectivity index is 2.25. The van der Waals surface area contributed by atoms with Gasteiger partial charge in [0, 0.05) is 24.7 Å². The Morgan fingerprint density at radius 3 is 2.16 bits per heavy atom. The highest BCUT2D eigenvalue weighted by Crippen LogP contribution is 2.39. The van der Waals surface area contributed by atoms with Crippen molar-refractivity contribution in [1.82, 2.24) is 4.31 Å². The molecule has 1 saturated heterocycles. The minimum atomic E-state index is -3.53. The molecular weight excluding hydrogens is 268 g/mol. The molecule has 1 fully saturated rings. The molecule has 0 N–H and O–H groups in total. The molecule has 19 heavy (non-hydrogen) atoms. The highest BCUT2D eigenvalue weighted by atomic mass is 32.2. The molecule has 0 aliphatic carbocycles. The zero-order valence-electron chi connectivity index (χ0n) is 11.0. The van der Waals surface area contributed by atoms with Crippen molar-refractivity contribution in [3.63, 3.8) is 0 Å². The molecule has 1 aromatic rings. The van der Waals surface area contributed by atoms with E-state index in [2.05, 4.69) is 0 Å². The molecule has 0 aromatic heterocycles. The van der Waals surface area contributed by atoms with E-state index in [1.165, 1.54) is 28.6 Å². The fourth-order valence-corrected chi connectivity index (χ4v) is 3.71. The number of sulfonamides is 1. The van der Waals surface area contributed by atoms with Crippen LogP contribution < -0.4 is 0 Å². The van der Waals surface area contributed by atoms with E-state index in [1.807, 2.05) is 20.8 Å². The van der Waals surface area contributed by atoms with Crippen molar-refractivity contribution in [2.24, 2.45) is 5.41 Å². The summed E-state index contributed by atoms with van der Waals surface area (Å²) in [6.45, 7) is 6.47. The first kappa shape index (κ1) is 14.0. The summed E-state index contributed by atoms with van der Waals surface area (Å²) in [5.74, 6) is 0. The molecule has 7 heteroatoms. The summed E-state index contributed by atoms with van der Waals surface area (Å²) in [5.41, 5.74) is -0.217. The van der Waals surface area contributed by atoms with Crippen molar-refractivity contribution in [2.45, 2.75) is 31.7 Å². The van der Waals surface area contributed by atoms with E-state index in [0.29, 0.717) is 6.54 Å². The summed E-state index contributed by atoms with van der Waals surface area (Å²) in [6.07, 6.45) is 0. The van der Waals surface area contributed by atoms with Crippen LogP contribution in [-0.4, -0.2) is 30.2 Å². The fraction of sp³-hybridized carbons (Fsp3) is 0.500. The third-order valence-corrected chi connectivity index (χ3v) is 5.11. The van der Waals surface area contributed by atoms with Gasteiger partial charge in [0.15, 0.2) is 0 Å². The van der Waals surface area contributed by atoms with Crippen molar-refractivity contribution in [1.29, 1.82) is 0 Å². The van der Waals surface area contributed by atoms with Crippen LogP contribution in [-0.2, 0) is 10.0 Å². The van der Waals surface area contributed by atoms with Crippen LogP contribution in [0.2, 0.25) is 0 Å². The van der Waals surface area contributed by atoms with E-state index >= 15 is 0 Å². The summed E-state index contributed by atoms with van der Waals surface area (Å²) >= 11 is 0. The number of non-ortho nitro benzene ring substituents is 1. The van der Waals surface area contributed by atoms with E-state index in [9.17, 15) is 18.5 Å². The Hall–Kier alpha value is -1.47. The van der Waals surface area contributed by atoms with Crippen LogP contribution in [0.4, 0.5) is 5.69 Å². The number of rotatable bonds is 3. The molecule has 0 bridgehead atoms. The summed E-state index contributed by atoms with van der Waals surface area (Å²) in [4.78, 5) is 10.1. The molecule has 0 saturated carbocycles. The standard InChI is InChI=1S/C12H16N2O4S/c1-12(2,3)11-8-13(11)19(17,18)10-6-4-9(5-7-10)14(15)16/h4-7,11H,8H2,1-3H3/t11-,13?/m1/s1. The smallest absolute Gasteiger partial charge is 0.258 e. The monoisotopic (exact) mass is 284 g/mol. The Morgan fingerprint density at radius 1 is 1.26 bits per heavy atom. The molecule has 1 aliphatic heterocycles. The fourth-order valence-electron chi connectivity index (χ4n) is 1.97. The third kappa shape index (κ3) is 2.62.